The molecule has 1 aromatic heterocycles. The molecule has 0 aliphatic carbocycles. The van der Waals surface area contributed by atoms with Gasteiger partial charge in [-0.15, -0.1) is 0 Å². The van der Waals surface area contributed by atoms with Crippen LogP contribution < -0.4 is 19.7 Å². The molecule has 0 atom stereocenters. The van der Waals surface area contributed by atoms with Gasteiger partial charge in [-0.2, -0.15) is 0 Å². The molecule has 2 heterocycles. The smallest absolute Gasteiger partial charge is 0.259 e. The number of pyridine rings is 1. The standard InChI is InChI=1S/C23H23N3O3/c1-28-21-8-7-16(11-22(21)29-2)13-25-19-12-18(14-24-15-19)23(27)26-10-9-17-5-3-4-6-20(17)26/h3-8,11-12,14-15,25H,9-10,13H2,1-2H3. The fraction of sp³-hybridized carbons (Fsp3) is 0.217. The van der Waals surface area contributed by atoms with Crippen LogP contribution in [-0.2, 0) is 13.0 Å². The van der Waals surface area contributed by atoms with Gasteiger partial charge in [0, 0.05) is 31.2 Å². The van der Waals surface area contributed by atoms with Crippen molar-refractivity contribution in [2.24, 2.45) is 0 Å². The number of para-hydroxylation sites is 1. The lowest BCUT2D eigenvalue weighted by molar-refractivity contribution is 0.0989. The number of nitrogens with one attached hydrogen (secondary N) is 1. The number of fused-ring (bicyclic) bond motifs is 1. The summed E-state index contributed by atoms with van der Waals surface area (Å²) in [4.78, 5) is 19.1. The normalized spacial score (nSPS) is 12.4. The number of amides is 1. The molecule has 0 radical (unpaired) electrons. The predicted octanol–water partition coefficient (Wildman–Crippen LogP) is 3.91. The fourth-order valence-electron chi connectivity index (χ4n) is 3.55. The second-order valence-corrected chi connectivity index (χ2v) is 6.84. The summed E-state index contributed by atoms with van der Waals surface area (Å²) in [5, 5.41) is 3.33. The molecular weight excluding hydrogens is 366 g/mol. The molecule has 6 nitrogen and oxygen atoms in total. The maximum atomic E-state index is 13.0. The minimum atomic E-state index is -0.0304. The fourth-order valence-corrected chi connectivity index (χ4v) is 3.55. The number of nitrogens with zero attached hydrogens (tertiary/aromatic N) is 2. The van der Waals surface area contributed by atoms with Crippen LogP contribution in [0.15, 0.2) is 60.9 Å². The van der Waals surface area contributed by atoms with E-state index in [0.29, 0.717) is 30.2 Å². The van der Waals surface area contributed by atoms with Gasteiger partial charge in [-0.3, -0.25) is 9.78 Å². The third kappa shape index (κ3) is 3.87. The molecular formula is C23H23N3O3. The minimum Gasteiger partial charge on any atom is -0.493 e. The summed E-state index contributed by atoms with van der Waals surface area (Å²) in [5.74, 6) is 1.34. The van der Waals surface area contributed by atoms with Crippen LogP contribution in [0.5, 0.6) is 11.5 Å². The average molecular weight is 389 g/mol. The van der Waals surface area contributed by atoms with Crippen LogP contribution in [0, 0.1) is 0 Å². The number of methoxy groups -OCH3 is 2. The van der Waals surface area contributed by atoms with Crippen LogP contribution in [0.25, 0.3) is 0 Å². The number of anilines is 2. The third-order valence-corrected chi connectivity index (χ3v) is 5.06. The molecule has 0 saturated carbocycles. The van der Waals surface area contributed by atoms with Gasteiger partial charge in [0.25, 0.3) is 5.91 Å². The number of ether oxygens (including phenoxy) is 2. The highest BCUT2D eigenvalue weighted by atomic mass is 16.5. The molecule has 148 valence electrons. The predicted molar refractivity (Wildman–Crippen MR) is 113 cm³/mol. The van der Waals surface area contributed by atoms with Crippen molar-refractivity contribution in [3.63, 3.8) is 0 Å². The van der Waals surface area contributed by atoms with Gasteiger partial charge >= 0.3 is 0 Å². The summed E-state index contributed by atoms with van der Waals surface area (Å²) in [6, 6.07) is 15.6. The minimum absolute atomic E-state index is 0.0304. The Hall–Kier alpha value is -3.54. The molecule has 0 spiro atoms. The zero-order valence-electron chi connectivity index (χ0n) is 16.5. The van der Waals surface area contributed by atoms with E-state index >= 15 is 0 Å². The zero-order chi connectivity index (χ0) is 20.2. The van der Waals surface area contributed by atoms with Gasteiger partial charge in [-0.25, -0.2) is 0 Å². The van der Waals surface area contributed by atoms with Crippen LogP contribution >= 0.6 is 0 Å². The van der Waals surface area contributed by atoms with Gasteiger partial charge in [0.05, 0.1) is 25.5 Å². The van der Waals surface area contributed by atoms with Crippen molar-refractivity contribution in [2.45, 2.75) is 13.0 Å². The number of carbonyl (C=O) groups excluding carboxylic acids is 1. The number of benzene rings is 2. The number of hydrogen-bond acceptors (Lipinski definition) is 5. The largest absolute Gasteiger partial charge is 0.493 e. The van der Waals surface area contributed by atoms with Crippen molar-refractivity contribution in [1.29, 1.82) is 0 Å². The lowest BCUT2D eigenvalue weighted by atomic mass is 10.1. The number of carbonyl (C=O) groups is 1. The summed E-state index contributed by atoms with van der Waals surface area (Å²) < 4.78 is 10.6. The molecule has 29 heavy (non-hydrogen) atoms. The first-order chi connectivity index (χ1) is 14.2. The summed E-state index contributed by atoms with van der Waals surface area (Å²) >= 11 is 0. The van der Waals surface area contributed by atoms with E-state index in [2.05, 4.69) is 16.4 Å². The highest BCUT2D eigenvalue weighted by Gasteiger charge is 2.25. The van der Waals surface area contributed by atoms with Crippen molar-refractivity contribution < 1.29 is 14.3 Å². The van der Waals surface area contributed by atoms with Crippen LogP contribution in [0.2, 0.25) is 0 Å². The highest BCUT2D eigenvalue weighted by Crippen LogP contribution is 2.30. The molecule has 4 rings (SSSR count). The van der Waals surface area contributed by atoms with E-state index in [-0.39, 0.29) is 5.91 Å². The van der Waals surface area contributed by atoms with E-state index in [0.717, 1.165) is 23.4 Å². The van der Waals surface area contributed by atoms with E-state index in [4.69, 9.17) is 9.47 Å². The Balaban J connectivity index is 1.47. The lowest BCUT2D eigenvalue weighted by Gasteiger charge is -2.17. The van der Waals surface area contributed by atoms with Crippen LogP contribution in [0.1, 0.15) is 21.5 Å². The van der Waals surface area contributed by atoms with E-state index < -0.39 is 0 Å². The SMILES string of the molecule is COc1ccc(CNc2cncc(C(=O)N3CCc4ccccc43)c2)cc1OC. The van der Waals surface area contributed by atoms with Crippen LogP contribution in [0.3, 0.4) is 0 Å². The molecule has 6 heteroatoms. The quantitative estimate of drug-likeness (QED) is 0.692. The summed E-state index contributed by atoms with van der Waals surface area (Å²) in [5.41, 5.74) is 4.59. The Bertz CT molecular complexity index is 1040. The summed E-state index contributed by atoms with van der Waals surface area (Å²) in [6.07, 6.45) is 4.22. The van der Waals surface area contributed by atoms with E-state index in [1.54, 1.807) is 26.6 Å². The second kappa shape index (κ2) is 8.22. The highest BCUT2D eigenvalue weighted by molar-refractivity contribution is 6.07. The Morgan fingerprint density at radius 3 is 2.72 bits per heavy atom. The van der Waals surface area contributed by atoms with Gasteiger partial charge in [-0.1, -0.05) is 24.3 Å². The molecule has 1 aliphatic rings. The van der Waals surface area contributed by atoms with Crippen molar-refractivity contribution in [3.8, 4) is 11.5 Å². The first kappa shape index (κ1) is 18.8. The number of aromatic nitrogens is 1. The second-order valence-electron chi connectivity index (χ2n) is 6.84. The van der Waals surface area contributed by atoms with Crippen molar-refractivity contribution >= 4 is 17.3 Å². The Kier molecular flexibility index (Phi) is 5.33. The molecule has 0 unspecified atom stereocenters. The Morgan fingerprint density at radius 2 is 1.90 bits per heavy atom. The maximum Gasteiger partial charge on any atom is 0.259 e. The molecule has 0 saturated heterocycles. The molecule has 1 amide bonds. The van der Waals surface area contributed by atoms with Gasteiger partial charge in [0.1, 0.15) is 0 Å². The molecule has 3 aromatic rings. The topological polar surface area (TPSA) is 63.7 Å². The zero-order valence-corrected chi connectivity index (χ0v) is 16.5. The van der Waals surface area contributed by atoms with Crippen molar-refractivity contribution in [3.05, 3.63) is 77.6 Å². The van der Waals surface area contributed by atoms with E-state index in [1.807, 2.05) is 47.4 Å². The molecule has 0 bridgehead atoms. The Labute approximate surface area is 170 Å². The monoisotopic (exact) mass is 389 g/mol. The van der Waals surface area contributed by atoms with Gasteiger partial charge in [0.2, 0.25) is 0 Å². The average Bonchev–Trinajstić information content (AvgIpc) is 3.21. The van der Waals surface area contributed by atoms with Gasteiger partial charge < -0.3 is 19.7 Å². The molecule has 2 aromatic carbocycles. The molecule has 1 aliphatic heterocycles. The Morgan fingerprint density at radius 1 is 1.07 bits per heavy atom. The summed E-state index contributed by atoms with van der Waals surface area (Å²) in [6.45, 7) is 1.27. The van der Waals surface area contributed by atoms with Crippen LogP contribution in [-0.4, -0.2) is 31.7 Å². The summed E-state index contributed by atoms with van der Waals surface area (Å²) in [7, 11) is 3.23. The van der Waals surface area contributed by atoms with E-state index in [9.17, 15) is 4.79 Å². The van der Waals surface area contributed by atoms with Crippen LogP contribution in [0.4, 0.5) is 11.4 Å². The third-order valence-electron chi connectivity index (χ3n) is 5.06. The molecule has 1 N–H and O–H groups in total. The number of hydrogen-bond donors (Lipinski definition) is 1. The van der Waals surface area contributed by atoms with Gasteiger partial charge in [-0.05, 0) is 41.8 Å². The van der Waals surface area contributed by atoms with Crippen molar-refractivity contribution in [2.75, 3.05) is 31.0 Å². The van der Waals surface area contributed by atoms with Gasteiger partial charge in [0.15, 0.2) is 11.5 Å². The lowest BCUT2D eigenvalue weighted by Crippen LogP contribution is -2.29. The molecule has 0 fully saturated rings. The maximum absolute atomic E-state index is 13.0. The first-order valence-corrected chi connectivity index (χ1v) is 9.49. The number of rotatable bonds is 6. The van der Waals surface area contributed by atoms with Crippen molar-refractivity contribution in [1.82, 2.24) is 4.98 Å². The first-order valence-electron chi connectivity index (χ1n) is 9.49. The van der Waals surface area contributed by atoms with E-state index in [1.165, 1.54) is 5.56 Å².